The number of benzene rings is 1. The summed E-state index contributed by atoms with van der Waals surface area (Å²) in [5.41, 5.74) is 1.67. The van der Waals surface area contributed by atoms with Gasteiger partial charge in [-0.25, -0.2) is 4.39 Å². The van der Waals surface area contributed by atoms with Gasteiger partial charge in [0.05, 0.1) is 19.3 Å². The zero-order valence-corrected chi connectivity index (χ0v) is 13.1. The van der Waals surface area contributed by atoms with Crippen LogP contribution in [0.4, 0.5) is 4.39 Å². The fourth-order valence-electron chi connectivity index (χ4n) is 2.39. The number of methoxy groups -OCH3 is 1. The standard InChI is InChI=1S/C15H19ClFN3O/c1-4-7-20-15(13(21-3)9-19-20)14(18-2)11-6-5-10(17)8-12(11)16/h5-6,8-9,14,18H,4,7H2,1-3H3. The molecule has 1 heterocycles. The van der Waals surface area contributed by atoms with E-state index < -0.39 is 0 Å². The summed E-state index contributed by atoms with van der Waals surface area (Å²) in [6.07, 6.45) is 2.64. The molecule has 2 aromatic rings. The van der Waals surface area contributed by atoms with E-state index in [1.54, 1.807) is 19.4 Å². The van der Waals surface area contributed by atoms with Crippen LogP contribution in [0.5, 0.6) is 5.75 Å². The Morgan fingerprint density at radius 2 is 2.24 bits per heavy atom. The van der Waals surface area contributed by atoms with E-state index in [1.165, 1.54) is 12.1 Å². The van der Waals surface area contributed by atoms with Gasteiger partial charge in [-0.2, -0.15) is 5.10 Å². The fourth-order valence-corrected chi connectivity index (χ4v) is 2.67. The molecule has 1 atom stereocenters. The predicted molar refractivity (Wildman–Crippen MR) is 81.4 cm³/mol. The molecule has 114 valence electrons. The highest BCUT2D eigenvalue weighted by atomic mass is 35.5. The zero-order valence-electron chi connectivity index (χ0n) is 12.4. The van der Waals surface area contributed by atoms with Gasteiger partial charge in [0.2, 0.25) is 0 Å². The van der Waals surface area contributed by atoms with Crippen LogP contribution >= 0.6 is 11.6 Å². The van der Waals surface area contributed by atoms with Crippen molar-refractivity contribution in [2.24, 2.45) is 0 Å². The molecule has 0 spiro atoms. The molecule has 0 amide bonds. The minimum atomic E-state index is -0.354. The molecular weight excluding hydrogens is 293 g/mol. The number of halogens is 2. The number of nitrogens with one attached hydrogen (secondary N) is 1. The molecule has 0 fully saturated rings. The lowest BCUT2D eigenvalue weighted by Gasteiger charge is -2.20. The molecule has 1 aromatic heterocycles. The maximum absolute atomic E-state index is 13.3. The lowest BCUT2D eigenvalue weighted by molar-refractivity contribution is 0.400. The van der Waals surface area contributed by atoms with Crippen molar-refractivity contribution in [3.63, 3.8) is 0 Å². The highest BCUT2D eigenvalue weighted by Crippen LogP contribution is 2.33. The number of hydrogen-bond donors (Lipinski definition) is 1. The molecule has 1 aromatic carbocycles. The van der Waals surface area contributed by atoms with Crippen LogP contribution in [-0.4, -0.2) is 23.9 Å². The maximum Gasteiger partial charge on any atom is 0.161 e. The van der Waals surface area contributed by atoms with E-state index in [-0.39, 0.29) is 11.9 Å². The summed E-state index contributed by atoms with van der Waals surface area (Å²) in [4.78, 5) is 0. The van der Waals surface area contributed by atoms with E-state index in [4.69, 9.17) is 16.3 Å². The topological polar surface area (TPSA) is 39.1 Å². The number of aromatic nitrogens is 2. The average molecular weight is 312 g/mol. The third-order valence-corrected chi connectivity index (χ3v) is 3.66. The molecule has 6 heteroatoms. The predicted octanol–water partition coefficient (Wildman–Crippen LogP) is 3.40. The Morgan fingerprint density at radius 1 is 1.48 bits per heavy atom. The monoisotopic (exact) mass is 311 g/mol. The van der Waals surface area contributed by atoms with Crippen molar-refractivity contribution < 1.29 is 9.13 Å². The van der Waals surface area contributed by atoms with Gasteiger partial charge in [-0.1, -0.05) is 24.6 Å². The van der Waals surface area contributed by atoms with Crippen LogP contribution in [0.15, 0.2) is 24.4 Å². The van der Waals surface area contributed by atoms with Crippen molar-refractivity contribution in [1.82, 2.24) is 15.1 Å². The third-order valence-electron chi connectivity index (χ3n) is 3.34. The molecule has 4 nitrogen and oxygen atoms in total. The Hall–Kier alpha value is -1.59. The van der Waals surface area contributed by atoms with Crippen LogP contribution in [0.3, 0.4) is 0 Å². The molecule has 0 aliphatic rings. The van der Waals surface area contributed by atoms with Gasteiger partial charge >= 0.3 is 0 Å². The Labute approximate surface area is 128 Å². The minimum Gasteiger partial charge on any atom is -0.493 e. The zero-order chi connectivity index (χ0) is 15.4. The summed E-state index contributed by atoms with van der Waals surface area (Å²) in [7, 11) is 3.43. The van der Waals surface area contributed by atoms with Crippen LogP contribution in [0.25, 0.3) is 0 Å². The average Bonchev–Trinajstić information content (AvgIpc) is 2.85. The smallest absolute Gasteiger partial charge is 0.161 e. The van der Waals surface area contributed by atoms with Crippen molar-refractivity contribution in [1.29, 1.82) is 0 Å². The van der Waals surface area contributed by atoms with Crippen LogP contribution < -0.4 is 10.1 Å². The second-order valence-electron chi connectivity index (χ2n) is 4.71. The van der Waals surface area contributed by atoms with Crippen LogP contribution in [0.2, 0.25) is 5.02 Å². The lowest BCUT2D eigenvalue weighted by atomic mass is 10.0. The summed E-state index contributed by atoms with van der Waals surface area (Å²) in [5, 5.41) is 7.94. The summed E-state index contributed by atoms with van der Waals surface area (Å²) in [6.45, 7) is 2.85. The van der Waals surface area contributed by atoms with E-state index in [1.807, 2.05) is 11.7 Å². The normalized spacial score (nSPS) is 12.4. The first-order valence-corrected chi connectivity index (χ1v) is 7.22. The summed E-state index contributed by atoms with van der Waals surface area (Å²) in [6, 6.07) is 4.18. The second kappa shape index (κ2) is 6.91. The van der Waals surface area contributed by atoms with Gasteiger partial charge in [-0.3, -0.25) is 4.68 Å². The highest BCUT2D eigenvalue weighted by molar-refractivity contribution is 6.31. The van der Waals surface area contributed by atoms with Crippen LogP contribution in [-0.2, 0) is 6.54 Å². The van der Waals surface area contributed by atoms with E-state index in [0.29, 0.717) is 10.8 Å². The van der Waals surface area contributed by atoms with Gasteiger partial charge in [0.15, 0.2) is 5.75 Å². The second-order valence-corrected chi connectivity index (χ2v) is 5.12. The van der Waals surface area contributed by atoms with E-state index >= 15 is 0 Å². The van der Waals surface area contributed by atoms with Gasteiger partial charge in [0, 0.05) is 11.6 Å². The van der Waals surface area contributed by atoms with Gasteiger partial charge in [-0.05, 0) is 31.2 Å². The van der Waals surface area contributed by atoms with Crippen LogP contribution in [0.1, 0.15) is 30.6 Å². The molecule has 21 heavy (non-hydrogen) atoms. The first-order chi connectivity index (χ1) is 10.1. The Balaban J connectivity index is 2.52. The lowest BCUT2D eigenvalue weighted by Crippen LogP contribution is -2.22. The molecule has 0 saturated heterocycles. The summed E-state index contributed by atoms with van der Waals surface area (Å²) >= 11 is 6.19. The van der Waals surface area contributed by atoms with Crippen molar-refractivity contribution in [2.45, 2.75) is 25.9 Å². The van der Waals surface area contributed by atoms with E-state index in [2.05, 4.69) is 17.3 Å². The number of hydrogen-bond acceptors (Lipinski definition) is 3. The molecule has 0 saturated carbocycles. The first-order valence-electron chi connectivity index (χ1n) is 6.84. The van der Waals surface area contributed by atoms with Crippen molar-refractivity contribution >= 4 is 11.6 Å². The highest BCUT2D eigenvalue weighted by Gasteiger charge is 2.24. The van der Waals surface area contributed by atoms with Crippen molar-refractivity contribution in [3.8, 4) is 5.75 Å². The number of ether oxygens (including phenoxy) is 1. The largest absolute Gasteiger partial charge is 0.493 e. The van der Waals surface area contributed by atoms with Gasteiger partial charge in [0.1, 0.15) is 11.5 Å². The number of rotatable bonds is 6. The van der Waals surface area contributed by atoms with Gasteiger partial charge < -0.3 is 10.1 Å². The number of nitrogens with zero attached hydrogens (tertiary/aromatic N) is 2. The third kappa shape index (κ3) is 3.19. The van der Waals surface area contributed by atoms with Crippen molar-refractivity contribution in [2.75, 3.05) is 14.2 Å². The minimum absolute atomic E-state index is 0.220. The van der Waals surface area contributed by atoms with Gasteiger partial charge in [0.25, 0.3) is 0 Å². The summed E-state index contributed by atoms with van der Waals surface area (Å²) < 4.78 is 20.5. The number of aryl methyl sites for hydroxylation is 1. The molecule has 0 bridgehead atoms. The molecule has 0 radical (unpaired) electrons. The molecule has 2 rings (SSSR count). The molecule has 1 N–H and O–H groups in total. The SMILES string of the molecule is CCCn1ncc(OC)c1C(NC)c1ccc(F)cc1Cl. The van der Waals surface area contributed by atoms with Gasteiger partial charge in [-0.15, -0.1) is 0 Å². The van der Waals surface area contributed by atoms with E-state index in [9.17, 15) is 4.39 Å². The Bertz CT molecular complexity index is 615. The fraction of sp³-hybridized carbons (Fsp3) is 0.400. The Kier molecular flexibility index (Phi) is 5.20. The van der Waals surface area contributed by atoms with Crippen molar-refractivity contribution in [3.05, 3.63) is 46.5 Å². The molecule has 1 unspecified atom stereocenters. The molecule has 0 aliphatic heterocycles. The van der Waals surface area contributed by atoms with Crippen LogP contribution in [0, 0.1) is 5.82 Å². The Morgan fingerprint density at radius 3 is 2.81 bits per heavy atom. The van der Waals surface area contributed by atoms with E-state index in [0.717, 1.165) is 24.2 Å². The molecule has 0 aliphatic carbocycles. The maximum atomic E-state index is 13.3. The summed E-state index contributed by atoms with van der Waals surface area (Å²) in [5.74, 6) is 0.329. The molecular formula is C15H19ClFN3O. The quantitative estimate of drug-likeness (QED) is 0.888. The first kappa shape index (κ1) is 15.8.